The van der Waals surface area contributed by atoms with Crippen molar-refractivity contribution in [1.82, 2.24) is 19.7 Å². The molecule has 0 radical (unpaired) electrons. The smallest absolute Gasteiger partial charge is 0.254 e. The third kappa shape index (κ3) is 3.12. The fraction of sp³-hybridized carbons (Fsp3) is 0.316. The van der Waals surface area contributed by atoms with Gasteiger partial charge in [0.15, 0.2) is 5.65 Å². The third-order valence-electron chi connectivity index (χ3n) is 4.58. The van der Waals surface area contributed by atoms with Crippen molar-refractivity contribution in [1.29, 1.82) is 0 Å². The van der Waals surface area contributed by atoms with Gasteiger partial charge in [0.1, 0.15) is 0 Å². The van der Waals surface area contributed by atoms with Crippen LogP contribution >= 0.6 is 11.6 Å². The van der Waals surface area contributed by atoms with Crippen LogP contribution in [0.15, 0.2) is 30.3 Å². The number of aromatic nitrogens is 3. The Hall–Kier alpha value is -2.40. The van der Waals surface area contributed by atoms with Gasteiger partial charge in [-0.1, -0.05) is 23.7 Å². The van der Waals surface area contributed by atoms with Gasteiger partial charge >= 0.3 is 0 Å². The molecule has 2 aromatic heterocycles. The van der Waals surface area contributed by atoms with E-state index in [-0.39, 0.29) is 11.9 Å². The summed E-state index contributed by atoms with van der Waals surface area (Å²) in [5, 5.41) is 5.91. The Morgan fingerprint density at radius 2 is 1.88 bits per heavy atom. The molecule has 3 aromatic rings. The number of aryl methyl sites for hydroxylation is 3. The summed E-state index contributed by atoms with van der Waals surface area (Å²) in [5.41, 5.74) is 4.00. The zero-order valence-electron chi connectivity index (χ0n) is 15.0. The number of hydrogen-bond acceptors (Lipinski definition) is 3. The molecule has 0 fully saturated rings. The molecular weight excluding hydrogens is 336 g/mol. The molecule has 5 nitrogen and oxygen atoms in total. The van der Waals surface area contributed by atoms with Gasteiger partial charge in [0.25, 0.3) is 5.91 Å². The number of fused-ring (bicyclic) bond motifs is 1. The number of amides is 1. The van der Waals surface area contributed by atoms with Gasteiger partial charge in [-0.25, -0.2) is 4.98 Å². The first-order chi connectivity index (χ1) is 11.8. The minimum absolute atomic E-state index is 0.0472. The quantitative estimate of drug-likeness (QED) is 0.710. The molecule has 3 rings (SSSR count). The highest BCUT2D eigenvalue weighted by molar-refractivity contribution is 6.30. The van der Waals surface area contributed by atoms with Crippen LogP contribution in [-0.4, -0.2) is 32.6 Å². The summed E-state index contributed by atoms with van der Waals surface area (Å²) in [4.78, 5) is 19.5. The molecule has 25 heavy (non-hydrogen) atoms. The minimum Gasteiger partial charge on any atom is -0.335 e. The first kappa shape index (κ1) is 17.4. The minimum atomic E-state index is -0.0785. The second-order valence-electron chi connectivity index (χ2n) is 6.36. The molecule has 0 aliphatic rings. The molecule has 2 heterocycles. The average molecular weight is 357 g/mol. The van der Waals surface area contributed by atoms with Gasteiger partial charge in [0, 0.05) is 24.8 Å². The monoisotopic (exact) mass is 356 g/mol. The van der Waals surface area contributed by atoms with E-state index in [1.807, 2.05) is 65.2 Å². The molecular formula is C19H21ClN4O. The SMILES string of the molecule is Cc1cc(C(=O)N(C)C(C)c2ccc(Cl)cc2)c2c(C)nn(C)c2n1. The highest BCUT2D eigenvalue weighted by Crippen LogP contribution is 2.27. The Bertz CT molecular complexity index is 946. The fourth-order valence-corrected chi connectivity index (χ4v) is 3.20. The summed E-state index contributed by atoms with van der Waals surface area (Å²) in [5.74, 6) is -0.0472. The number of pyridine rings is 1. The Kier molecular flexibility index (Phi) is 4.52. The van der Waals surface area contributed by atoms with Crippen LogP contribution in [0.5, 0.6) is 0 Å². The Balaban J connectivity index is 2.03. The third-order valence-corrected chi connectivity index (χ3v) is 4.83. The standard InChI is InChI=1S/C19H21ClN4O/c1-11-10-16(17-12(2)22-24(5)18(17)21-11)19(25)23(4)13(3)14-6-8-15(20)9-7-14/h6-10,13H,1-5H3. The predicted octanol–water partition coefficient (Wildman–Crippen LogP) is 4.07. The summed E-state index contributed by atoms with van der Waals surface area (Å²) in [6, 6.07) is 9.33. The van der Waals surface area contributed by atoms with Crippen molar-refractivity contribution in [3.05, 3.63) is 57.9 Å². The van der Waals surface area contributed by atoms with Crippen LogP contribution in [0.25, 0.3) is 11.0 Å². The number of carbonyl (C=O) groups is 1. The molecule has 0 aliphatic heterocycles. The van der Waals surface area contributed by atoms with E-state index in [0.29, 0.717) is 10.6 Å². The molecule has 0 bridgehead atoms. The topological polar surface area (TPSA) is 51.0 Å². The first-order valence-electron chi connectivity index (χ1n) is 8.13. The van der Waals surface area contributed by atoms with Gasteiger partial charge in [0.05, 0.1) is 22.7 Å². The van der Waals surface area contributed by atoms with E-state index in [9.17, 15) is 4.79 Å². The van der Waals surface area contributed by atoms with E-state index >= 15 is 0 Å². The summed E-state index contributed by atoms with van der Waals surface area (Å²) in [6.45, 7) is 5.79. The fourth-order valence-electron chi connectivity index (χ4n) is 3.07. The summed E-state index contributed by atoms with van der Waals surface area (Å²) in [7, 11) is 3.66. The number of carbonyl (C=O) groups excluding carboxylic acids is 1. The predicted molar refractivity (Wildman–Crippen MR) is 99.9 cm³/mol. The van der Waals surface area contributed by atoms with Crippen LogP contribution in [0.2, 0.25) is 5.02 Å². The first-order valence-corrected chi connectivity index (χ1v) is 8.51. The van der Waals surface area contributed by atoms with Gasteiger partial charge in [-0.05, 0) is 44.5 Å². The number of halogens is 1. The molecule has 0 spiro atoms. The Morgan fingerprint density at radius 1 is 1.24 bits per heavy atom. The van der Waals surface area contributed by atoms with Gasteiger partial charge < -0.3 is 4.90 Å². The Labute approximate surface area is 152 Å². The van der Waals surface area contributed by atoms with Crippen molar-refractivity contribution in [3.8, 4) is 0 Å². The molecule has 1 aromatic carbocycles. The van der Waals surface area contributed by atoms with Gasteiger partial charge in [0.2, 0.25) is 0 Å². The van der Waals surface area contributed by atoms with E-state index in [2.05, 4.69) is 10.1 Å². The second kappa shape index (κ2) is 6.48. The average Bonchev–Trinajstić information content (AvgIpc) is 2.87. The second-order valence-corrected chi connectivity index (χ2v) is 6.80. The molecule has 0 saturated heterocycles. The molecule has 0 aliphatic carbocycles. The summed E-state index contributed by atoms with van der Waals surface area (Å²) >= 11 is 5.96. The molecule has 1 atom stereocenters. The normalized spacial score (nSPS) is 12.4. The molecule has 1 unspecified atom stereocenters. The van der Waals surface area contributed by atoms with Gasteiger partial charge in [-0.15, -0.1) is 0 Å². The molecule has 6 heteroatoms. The molecule has 0 saturated carbocycles. The zero-order valence-corrected chi connectivity index (χ0v) is 15.8. The van der Waals surface area contributed by atoms with Crippen LogP contribution < -0.4 is 0 Å². The van der Waals surface area contributed by atoms with Crippen molar-refractivity contribution >= 4 is 28.5 Å². The largest absolute Gasteiger partial charge is 0.335 e. The Morgan fingerprint density at radius 3 is 2.52 bits per heavy atom. The van der Waals surface area contributed by atoms with E-state index in [1.165, 1.54) is 0 Å². The van der Waals surface area contributed by atoms with Crippen LogP contribution in [0.1, 0.15) is 40.3 Å². The number of hydrogen-bond donors (Lipinski definition) is 0. The van der Waals surface area contributed by atoms with Crippen molar-refractivity contribution in [2.75, 3.05) is 7.05 Å². The van der Waals surface area contributed by atoms with Crippen LogP contribution in [0.3, 0.4) is 0 Å². The van der Waals surface area contributed by atoms with Crippen molar-refractivity contribution in [2.45, 2.75) is 26.8 Å². The van der Waals surface area contributed by atoms with Gasteiger partial charge in [-0.2, -0.15) is 5.10 Å². The van der Waals surface area contributed by atoms with E-state index < -0.39 is 0 Å². The van der Waals surface area contributed by atoms with Crippen molar-refractivity contribution < 1.29 is 4.79 Å². The van der Waals surface area contributed by atoms with Crippen LogP contribution in [0, 0.1) is 13.8 Å². The van der Waals surface area contributed by atoms with E-state index in [4.69, 9.17) is 11.6 Å². The zero-order chi connectivity index (χ0) is 18.3. The lowest BCUT2D eigenvalue weighted by Gasteiger charge is -2.26. The van der Waals surface area contributed by atoms with E-state index in [1.54, 1.807) is 9.58 Å². The lowest BCUT2D eigenvalue weighted by Crippen LogP contribution is -2.30. The van der Waals surface area contributed by atoms with Gasteiger partial charge in [-0.3, -0.25) is 9.48 Å². The van der Waals surface area contributed by atoms with Crippen molar-refractivity contribution in [3.63, 3.8) is 0 Å². The van der Waals surface area contributed by atoms with Crippen LogP contribution in [-0.2, 0) is 7.05 Å². The van der Waals surface area contributed by atoms with Crippen molar-refractivity contribution in [2.24, 2.45) is 7.05 Å². The highest BCUT2D eigenvalue weighted by Gasteiger charge is 2.23. The number of nitrogens with zero attached hydrogens (tertiary/aromatic N) is 4. The molecule has 0 N–H and O–H groups in total. The highest BCUT2D eigenvalue weighted by atomic mass is 35.5. The summed E-state index contributed by atoms with van der Waals surface area (Å²) in [6.07, 6.45) is 0. The lowest BCUT2D eigenvalue weighted by molar-refractivity contribution is 0.0744. The maximum atomic E-state index is 13.2. The summed E-state index contributed by atoms with van der Waals surface area (Å²) < 4.78 is 1.72. The van der Waals surface area contributed by atoms with E-state index in [0.717, 1.165) is 28.0 Å². The molecule has 1 amide bonds. The molecule has 130 valence electrons. The maximum absolute atomic E-state index is 13.2. The lowest BCUT2D eigenvalue weighted by atomic mass is 10.0. The maximum Gasteiger partial charge on any atom is 0.254 e. The van der Waals surface area contributed by atoms with Crippen LogP contribution in [0.4, 0.5) is 0 Å². The number of rotatable bonds is 3. The number of benzene rings is 1.